The van der Waals surface area contributed by atoms with Crippen LogP contribution in [0.25, 0.3) is 30.9 Å². The van der Waals surface area contributed by atoms with Crippen LogP contribution in [0, 0.1) is 11.8 Å². The van der Waals surface area contributed by atoms with Crippen molar-refractivity contribution in [3.8, 4) is 11.5 Å². The molecule has 0 bridgehead atoms. The fourth-order valence-corrected chi connectivity index (χ4v) is 20.0. The normalized spacial score (nSPS) is 13.9. The fraction of sp³-hybridized carbons (Fsp3) is 0.682. The van der Waals surface area contributed by atoms with Gasteiger partial charge < -0.3 is 0 Å². The zero-order valence-corrected chi connectivity index (χ0v) is 41.2. The second kappa shape index (κ2) is 20.5. The van der Waals surface area contributed by atoms with Gasteiger partial charge in [-0.05, 0) is 0 Å². The van der Waals surface area contributed by atoms with E-state index in [2.05, 4.69) is 81.6 Å². The molecular weight excluding hydrogens is 862 g/mol. The molecule has 2 heterocycles. The molecule has 2 atom stereocenters. The Kier molecular flexibility index (Phi) is 17.4. The summed E-state index contributed by atoms with van der Waals surface area (Å²) in [5, 5.41) is 5.25. The van der Waals surface area contributed by atoms with Crippen molar-refractivity contribution in [2.24, 2.45) is 11.8 Å². The Morgan fingerprint density at radius 1 is 0.460 bits per heavy atom. The third-order valence-electron chi connectivity index (χ3n) is 10.6. The molecule has 0 spiro atoms. The average Bonchev–Trinajstić information content (AvgIpc) is 3.71. The van der Waals surface area contributed by atoms with Gasteiger partial charge in [-0.15, -0.1) is 0 Å². The second-order valence-electron chi connectivity index (χ2n) is 17.4. The van der Waals surface area contributed by atoms with Gasteiger partial charge in [0.15, 0.2) is 0 Å². The van der Waals surface area contributed by atoms with Gasteiger partial charge in [-0.25, -0.2) is 0 Å². The predicted molar refractivity (Wildman–Crippen MR) is 235 cm³/mol. The zero-order valence-electron chi connectivity index (χ0n) is 33.8. The summed E-state index contributed by atoms with van der Waals surface area (Å²) < 4.78 is 20.4. The summed E-state index contributed by atoms with van der Waals surface area (Å²) in [4.78, 5) is 15.3. The molecule has 0 N–H and O–H groups in total. The minimum absolute atomic E-state index is 0.617. The summed E-state index contributed by atoms with van der Waals surface area (Å²) in [5.74, 6) is 3.50. The SMILES string of the molecule is CCCCCCC(CCCC)COc1c2c[c]([Sn]([CH3])([CH3])[CH3])sc2cc2c(OCC(CCCC)CCCCCC)c3c[c]([Sn]([CH3])([CH3])[CH3])sc3cc12. The van der Waals surface area contributed by atoms with E-state index in [0.29, 0.717) is 11.8 Å². The average molecular weight is 935 g/mol. The maximum atomic E-state index is 7.20. The Bertz CT molecular complexity index is 1490. The number of hydrogen-bond acceptors (Lipinski definition) is 4. The van der Waals surface area contributed by atoms with E-state index in [1.165, 1.54) is 134 Å². The van der Waals surface area contributed by atoms with E-state index in [1.807, 2.05) is 22.7 Å². The van der Waals surface area contributed by atoms with Gasteiger partial charge in [0.2, 0.25) is 0 Å². The fourth-order valence-electron chi connectivity index (χ4n) is 7.24. The molecule has 50 heavy (non-hydrogen) atoms. The molecule has 0 radical (unpaired) electrons. The van der Waals surface area contributed by atoms with Crippen LogP contribution in [0.15, 0.2) is 24.3 Å². The number of rotatable bonds is 24. The van der Waals surface area contributed by atoms with E-state index in [-0.39, 0.29) is 0 Å². The van der Waals surface area contributed by atoms with Crippen LogP contribution in [-0.4, -0.2) is 50.0 Å². The molecule has 280 valence electrons. The van der Waals surface area contributed by atoms with Gasteiger partial charge in [-0.2, -0.15) is 0 Å². The van der Waals surface area contributed by atoms with Crippen LogP contribution in [0.1, 0.15) is 130 Å². The number of fused-ring (bicyclic) bond motifs is 3. The minimum atomic E-state index is -2.32. The monoisotopic (exact) mass is 936 g/mol. The number of unbranched alkanes of at least 4 members (excludes halogenated alkanes) is 8. The Morgan fingerprint density at radius 2 is 0.820 bits per heavy atom. The summed E-state index contributed by atoms with van der Waals surface area (Å²) in [7, 11) is 0. The molecule has 2 aromatic heterocycles. The van der Waals surface area contributed by atoms with Gasteiger partial charge in [0.1, 0.15) is 0 Å². The summed E-state index contributed by atoms with van der Waals surface area (Å²) in [6, 6.07) is 10.1. The van der Waals surface area contributed by atoms with Gasteiger partial charge in [0.05, 0.1) is 0 Å². The molecule has 2 aromatic carbocycles. The Hall–Kier alpha value is -0.183. The van der Waals surface area contributed by atoms with Crippen LogP contribution < -0.4 is 15.3 Å². The van der Waals surface area contributed by atoms with Crippen LogP contribution in [0.2, 0.25) is 29.6 Å². The molecule has 2 nitrogen and oxygen atoms in total. The molecule has 4 rings (SSSR count). The number of ether oxygens (including phenoxy) is 2. The quantitative estimate of drug-likeness (QED) is 0.0515. The first-order valence-electron chi connectivity index (χ1n) is 20.6. The van der Waals surface area contributed by atoms with Gasteiger partial charge in [0, 0.05) is 0 Å². The van der Waals surface area contributed by atoms with Crippen molar-refractivity contribution in [3.05, 3.63) is 24.3 Å². The van der Waals surface area contributed by atoms with E-state index in [1.54, 1.807) is 5.79 Å². The first kappa shape index (κ1) is 42.6. The number of hydrogen-bond donors (Lipinski definition) is 0. The Morgan fingerprint density at radius 3 is 1.16 bits per heavy atom. The molecule has 0 fully saturated rings. The van der Waals surface area contributed by atoms with Gasteiger partial charge >= 0.3 is 313 Å². The van der Waals surface area contributed by atoms with Crippen LogP contribution in [0.4, 0.5) is 0 Å². The van der Waals surface area contributed by atoms with E-state index in [0.717, 1.165) is 24.7 Å². The van der Waals surface area contributed by atoms with E-state index < -0.39 is 36.8 Å². The van der Waals surface area contributed by atoms with E-state index >= 15 is 0 Å². The van der Waals surface area contributed by atoms with Crippen molar-refractivity contribution in [1.82, 2.24) is 0 Å². The second-order valence-corrected chi connectivity index (χ2v) is 50.4. The maximum absolute atomic E-state index is 7.20. The standard InChI is InChI=1S/C38H54O2S2.6CH3.2Sn/c1-5-9-13-15-19-29(17-11-7-3)27-39-37-31-21-23-41-35(31)26-34-33(37)25-36-32(22-24-42-36)38(34)40-28-30(18-12-8-4)20-16-14-10-6-2;;;;;;;;/h21-22,25-26,29-30H,5-20,27-28H2,1-4H3;6*1H3;;. The molecule has 2 unspecified atom stereocenters. The van der Waals surface area contributed by atoms with Crippen molar-refractivity contribution in [2.75, 3.05) is 13.2 Å². The molecule has 0 saturated carbocycles. The molecule has 6 heteroatoms. The zero-order chi connectivity index (χ0) is 36.3. The third kappa shape index (κ3) is 11.9. The number of thiophene rings is 2. The van der Waals surface area contributed by atoms with Crippen molar-refractivity contribution >= 4 is 96.2 Å². The van der Waals surface area contributed by atoms with Crippen molar-refractivity contribution in [1.29, 1.82) is 0 Å². The Labute approximate surface area is 323 Å². The van der Waals surface area contributed by atoms with Crippen LogP contribution >= 0.6 is 22.7 Å². The van der Waals surface area contributed by atoms with E-state index in [9.17, 15) is 0 Å². The number of benzene rings is 2. The molecular formula is C44H72O2S2Sn2. The van der Waals surface area contributed by atoms with Crippen molar-refractivity contribution in [3.63, 3.8) is 0 Å². The molecule has 4 aromatic rings. The van der Waals surface area contributed by atoms with Gasteiger partial charge in [-0.1, -0.05) is 13.8 Å². The van der Waals surface area contributed by atoms with Crippen molar-refractivity contribution < 1.29 is 9.47 Å². The van der Waals surface area contributed by atoms with Crippen LogP contribution in [0.5, 0.6) is 11.5 Å². The molecule has 0 aliphatic carbocycles. The third-order valence-corrected chi connectivity index (χ3v) is 31.6. The first-order valence-corrected chi connectivity index (χ1v) is 42.3. The van der Waals surface area contributed by atoms with Gasteiger partial charge in [-0.3, -0.25) is 0 Å². The summed E-state index contributed by atoms with van der Waals surface area (Å²) in [6.07, 6.45) is 20.8. The topological polar surface area (TPSA) is 18.5 Å². The van der Waals surface area contributed by atoms with Crippen LogP contribution in [-0.2, 0) is 0 Å². The Balaban J connectivity index is 1.85. The summed E-state index contributed by atoms with van der Waals surface area (Å²) in [5.41, 5.74) is 0. The summed E-state index contributed by atoms with van der Waals surface area (Å²) in [6.45, 7) is 10.9. The molecule has 0 aliphatic rings. The predicted octanol–water partition coefficient (Wildman–Crippen LogP) is 14.7. The summed E-state index contributed by atoms with van der Waals surface area (Å²) >= 11 is -0.541. The molecule has 0 amide bonds. The van der Waals surface area contributed by atoms with Crippen LogP contribution in [0.3, 0.4) is 0 Å². The van der Waals surface area contributed by atoms with E-state index in [4.69, 9.17) is 9.47 Å². The van der Waals surface area contributed by atoms with Crippen molar-refractivity contribution in [2.45, 2.75) is 160 Å². The van der Waals surface area contributed by atoms with Gasteiger partial charge in [0.25, 0.3) is 0 Å². The molecule has 0 saturated heterocycles. The first-order chi connectivity index (χ1) is 23.9. The molecule has 0 aliphatic heterocycles.